The summed E-state index contributed by atoms with van der Waals surface area (Å²) in [6.07, 6.45) is 0.906. The van der Waals surface area contributed by atoms with Gasteiger partial charge in [-0.15, -0.1) is 0 Å². The fourth-order valence-electron chi connectivity index (χ4n) is 5.18. The number of benzene rings is 3. The van der Waals surface area contributed by atoms with Gasteiger partial charge in [-0.25, -0.2) is 4.79 Å². The van der Waals surface area contributed by atoms with Gasteiger partial charge >= 0.3 is 6.09 Å². The van der Waals surface area contributed by atoms with Crippen molar-refractivity contribution in [2.75, 3.05) is 64.8 Å². The molecule has 3 aromatic rings. The topological polar surface area (TPSA) is 106 Å². The highest BCUT2D eigenvalue weighted by molar-refractivity contribution is 5.94. The third kappa shape index (κ3) is 9.12. The van der Waals surface area contributed by atoms with Crippen LogP contribution in [-0.4, -0.2) is 103 Å². The summed E-state index contributed by atoms with van der Waals surface area (Å²) < 4.78 is 5.75. The van der Waals surface area contributed by atoms with Gasteiger partial charge in [0.05, 0.1) is 18.9 Å². The third-order valence-corrected chi connectivity index (χ3v) is 7.59. The van der Waals surface area contributed by atoms with Gasteiger partial charge in [0, 0.05) is 64.0 Å². The molecular formula is C33H42N4O5. The molecule has 1 aliphatic heterocycles. The molecule has 0 aromatic heterocycles. The van der Waals surface area contributed by atoms with Crippen LogP contribution in [0.5, 0.6) is 0 Å². The number of likely N-dealkylation sites (N-methyl/N-ethyl adjacent to an activating group) is 1. The molecule has 1 saturated heterocycles. The summed E-state index contributed by atoms with van der Waals surface area (Å²) >= 11 is 0. The van der Waals surface area contributed by atoms with E-state index < -0.39 is 6.09 Å². The second-order valence-corrected chi connectivity index (χ2v) is 10.6. The molecule has 0 saturated carbocycles. The summed E-state index contributed by atoms with van der Waals surface area (Å²) in [6, 6.07) is 25.1. The van der Waals surface area contributed by atoms with Gasteiger partial charge in [-0.05, 0) is 42.2 Å². The molecule has 1 heterocycles. The molecule has 0 spiro atoms. The predicted octanol–water partition coefficient (Wildman–Crippen LogP) is 3.93. The second kappa shape index (κ2) is 16.0. The summed E-state index contributed by atoms with van der Waals surface area (Å²) in [5, 5.41) is 21.3. The number of carbonyl (C=O) groups excluding carboxylic acids is 2. The van der Waals surface area contributed by atoms with Crippen molar-refractivity contribution in [3.8, 4) is 11.1 Å². The number of ether oxygens (including phenoxy) is 1. The lowest BCUT2D eigenvalue weighted by molar-refractivity contribution is 0.0540. The number of amides is 2. The lowest BCUT2D eigenvalue weighted by Crippen LogP contribution is -2.42. The van der Waals surface area contributed by atoms with Crippen molar-refractivity contribution in [1.29, 1.82) is 0 Å². The standard InChI is InChI=1S/C33H42N4O5/c1-35(32(40)28-13-11-26(12-14-28)25-37(21-23-38)22-24-39)19-20-36-17-15-29(16-18-36)42-33(41)34-31-10-6-5-9-30(31)27-7-3-2-4-8-27/h2-14,29,38-39H,15-25H2,1H3,(H,34,41). The van der Waals surface area contributed by atoms with Crippen LogP contribution in [0.2, 0.25) is 0 Å². The van der Waals surface area contributed by atoms with Gasteiger partial charge in [-0.3, -0.25) is 15.0 Å². The zero-order chi connectivity index (χ0) is 29.7. The first kappa shape index (κ1) is 31.2. The zero-order valence-electron chi connectivity index (χ0n) is 24.3. The van der Waals surface area contributed by atoms with Crippen LogP contribution in [0.15, 0.2) is 78.9 Å². The number of aliphatic hydroxyl groups excluding tert-OH is 2. The molecule has 0 unspecified atom stereocenters. The van der Waals surface area contributed by atoms with Crippen molar-refractivity contribution in [2.45, 2.75) is 25.5 Å². The minimum Gasteiger partial charge on any atom is -0.446 e. The maximum absolute atomic E-state index is 13.0. The van der Waals surface area contributed by atoms with Gasteiger partial charge < -0.3 is 24.7 Å². The van der Waals surface area contributed by atoms with Gasteiger partial charge in [-0.1, -0.05) is 60.7 Å². The van der Waals surface area contributed by atoms with Crippen LogP contribution < -0.4 is 5.32 Å². The Morgan fingerprint density at radius 1 is 0.881 bits per heavy atom. The van der Waals surface area contributed by atoms with Crippen molar-refractivity contribution >= 4 is 17.7 Å². The number of hydrogen-bond acceptors (Lipinski definition) is 7. The fourth-order valence-corrected chi connectivity index (χ4v) is 5.18. The highest BCUT2D eigenvalue weighted by atomic mass is 16.6. The molecule has 42 heavy (non-hydrogen) atoms. The molecule has 3 aromatic carbocycles. The molecule has 3 N–H and O–H groups in total. The Hall–Kier alpha value is -3.76. The summed E-state index contributed by atoms with van der Waals surface area (Å²) in [5.74, 6) is -0.0326. The van der Waals surface area contributed by atoms with E-state index in [0.29, 0.717) is 31.7 Å². The number of nitrogens with zero attached hydrogens (tertiary/aromatic N) is 3. The molecule has 9 nitrogen and oxygen atoms in total. The van der Waals surface area contributed by atoms with Crippen LogP contribution in [0.3, 0.4) is 0 Å². The van der Waals surface area contributed by atoms with E-state index in [9.17, 15) is 19.8 Å². The second-order valence-electron chi connectivity index (χ2n) is 10.6. The van der Waals surface area contributed by atoms with Crippen LogP contribution >= 0.6 is 0 Å². The third-order valence-electron chi connectivity index (χ3n) is 7.59. The van der Waals surface area contributed by atoms with E-state index >= 15 is 0 Å². The van der Waals surface area contributed by atoms with E-state index in [4.69, 9.17) is 4.74 Å². The average Bonchev–Trinajstić information content (AvgIpc) is 3.01. The van der Waals surface area contributed by atoms with Crippen LogP contribution in [0.4, 0.5) is 10.5 Å². The van der Waals surface area contributed by atoms with Gasteiger partial charge in [-0.2, -0.15) is 0 Å². The number of anilines is 1. The Morgan fingerprint density at radius 2 is 1.52 bits per heavy atom. The predicted molar refractivity (Wildman–Crippen MR) is 164 cm³/mol. The molecule has 2 amide bonds. The number of hydrogen-bond donors (Lipinski definition) is 3. The molecule has 1 aliphatic rings. The molecule has 0 atom stereocenters. The van der Waals surface area contributed by atoms with Crippen LogP contribution in [-0.2, 0) is 11.3 Å². The molecule has 224 valence electrons. The van der Waals surface area contributed by atoms with Crippen LogP contribution in [0.25, 0.3) is 11.1 Å². The first-order chi connectivity index (χ1) is 20.5. The number of nitrogens with one attached hydrogen (secondary N) is 1. The Balaban J connectivity index is 1.18. The first-order valence-electron chi connectivity index (χ1n) is 14.6. The number of likely N-dealkylation sites (tertiary alicyclic amines) is 1. The first-order valence-corrected chi connectivity index (χ1v) is 14.6. The van der Waals surface area contributed by atoms with Crippen molar-refractivity contribution in [2.24, 2.45) is 0 Å². The maximum atomic E-state index is 13.0. The maximum Gasteiger partial charge on any atom is 0.411 e. The Labute approximate surface area is 248 Å². The van der Waals surface area contributed by atoms with Crippen molar-refractivity contribution in [3.05, 3.63) is 90.0 Å². The highest BCUT2D eigenvalue weighted by Gasteiger charge is 2.23. The monoisotopic (exact) mass is 574 g/mol. The summed E-state index contributed by atoms with van der Waals surface area (Å²) in [6.45, 7) is 4.60. The molecular weight excluding hydrogens is 532 g/mol. The smallest absolute Gasteiger partial charge is 0.411 e. The van der Waals surface area contributed by atoms with Gasteiger partial charge in [0.1, 0.15) is 6.10 Å². The minimum absolute atomic E-state index is 0.0326. The largest absolute Gasteiger partial charge is 0.446 e. The summed E-state index contributed by atoms with van der Waals surface area (Å²) in [4.78, 5) is 31.6. The van der Waals surface area contributed by atoms with Gasteiger partial charge in [0.2, 0.25) is 0 Å². The minimum atomic E-state index is -0.442. The van der Waals surface area contributed by atoms with Gasteiger partial charge in [0.15, 0.2) is 0 Å². The van der Waals surface area contributed by atoms with Gasteiger partial charge in [0.25, 0.3) is 5.91 Å². The van der Waals surface area contributed by atoms with Crippen molar-refractivity contribution in [1.82, 2.24) is 14.7 Å². The summed E-state index contributed by atoms with van der Waals surface area (Å²) in [5.41, 5.74) is 4.35. The zero-order valence-corrected chi connectivity index (χ0v) is 24.3. The van der Waals surface area contributed by atoms with E-state index in [-0.39, 0.29) is 25.2 Å². The van der Waals surface area contributed by atoms with Crippen molar-refractivity contribution in [3.63, 3.8) is 0 Å². The van der Waals surface area contributed by atoms with E-state index in [1.165, 1.54) is 0 Å². The number of carbonyl (C=O) groups is 2. The molecule has 0 bridgehead atoms. The lowest BCUT2D eigenvalue weighted by atomic mass is 10.0. The van der Waals surface area contributed by atoms with Crippen LogP contribution in [0, 0.1) is 0 Å². The quantitative estimate of drug-likeness (QED) is 0.284. The SMILES string of the molecule is CN(CCN1CCC(OC(=O)Nc2ccccc2-c2ccccc2)CC1)C(=O)c1ccc(CN(CCO)CCO)cc1. The molecule has 0 aliphatic carbocycles. The fraction of sp³-hybridized carbons (Fsp3) is 0.394. The number of rotatable bonds is 13. The van der Waals surface area contributed by atoms with Crippen molar-refractivity contribution < 1.29 is 24.5 Å². The normalized spacial score (nSPS) is 14.1. The average molecular weight is 575 g/mol. The Morgan fingerprint density at radius 3 is 2.19 bits per heavy atom. The highest BCUT2D eigenvalue weighted by Crippen LogP contribution is 2.28. The van der Waals surface area contributed by atoms with E-state index in [2.05, 4.69) is 10.2 Å². The van der Waals surface area contributed by atoms with E-state index in [1.54, 1.807) is 4.90 Å². The van der Waals surface area contributed by atoms with E-state index in [1.807, 2.05) is 90.8 Å². The number of aliphatic hydroxyl groups is 2. The molecule has 4 rings (SSSR count). The van der Waals surface area contributed by atoms with Crippen LogP contribution in [0.1, 0.15) is 28.8 Å². The molecule has 0 radical (unpaired) electrons. The Kier molecular flexibility index (Phi) is 11.9. The molecule has 9 heteroatoms. The summed E-state index contributed by atoms with van der Waals surface area (Å²) in [7, 11) is 1.81. The molecule has 1 fully saturated rings. The number of piperidine rings is 1. The van der Waals surface area contributed by atoms with E-state index in [0.717, 1.165) is 54.9 Å². The lowest BCUT2D eigenvalue weighted by Gasteiger charge is -2.32. The Bertz CT molecular complexity index is 1260. The number of para-hydroxylation sites is 1.